The number of nitrogens with one attached hydrogen (secondary N) is 1. The maximum absolute atomic E-state index is 13.7. The molecule has 0 atom stereocenters. The summed E-state index contributed by atoms with van der Waals surface area (Å²) in [6.45, 7) is 2.26. The second kappa shape index (κ2) is 5.16. The number of rotatable bonds is 4. The van der Waals surface area contributed by atoms with Gasteiger partial charge in [0.1, 0.15) is 18.2 Å². The zero-order valence-corrected chi connectivity index (χ0v) is 11.1. The normalized spacial score (nSPS) is 18.5. The Bertz CT molecular complexity index is 544. The number of anilines is 1. The number of nitrogens with zero attached hydrogens (tertiary/aromatic N) is 2. The molecule has 1 saturated carbocycles. The fourth-order valence-corrected chi connectivity index (χ4v) is 2.51. The molecule has 0 amide bonds. The van der Waals surface area contributed by atoms with Gasteiger partial charge < -0.3 is 15.4 Å². The van der Waals surface area contributed by atoms with Crippen LogP contribution in [0.15, 0.2) is 17.2 Å². The first-order valence-corrected chi connectivity index (χ1v) is 6.69. The molecule has 20 heavy (non-hydrogen) atoms. The van der Waals surface area contributed by atoms with Crippen molar-refractivity contribution in [2.75, 3.05) is 24.6 Å². The molecule has 108 valence electrons. The molecule has 1 aliphatic heterocycles. The summed E-state index contributed by atoms with van der Waals surface area (Å²) >= 11 is 0. The zero-order chi connectivity index (χ0) is 14.1. The van der Waals surface area contributed by atoms with E-state index in [1.807, 2.05) is 0 Å². The number of halogens is 1. The van der Waals surface area contributed by atoms with Gasteiger partial charge in [-0.1, -0.05) is 0 Å². The lowest BCUT2D eigenvalue weighted by Gasteiger charge is -2.33. The number of fused-ring (bicyclic) bond motifs is 1. The van der Waals surface area contributed by atoms with Gasteiger partial charge in [-0.25, -0.2) is 15.8 Å². The highest BCUT2D eigenvalue weighted by atomic mass is 19.1. The molecular formula is C13H18FN5O. The molecule has 0 unspecified atom stereocenters. The number of amidine groups is 1. The molecule has 0 radical (unpaired) electrons. The van der Waals surface area contributed by atoms with Crippen LogP contribution in [0.3, 0.4) is 0 Å². The third kappa shape index (κ3) is 2.49. The molecule has 1 heterocycles. The first-order chi connectivity index (χ1) is 9.69. The van der Waals surface area contributed by atoms with Crippen molar-refractivity contribution in [1.82, 2.24) is 5.53 Å². The summed E-state index contributed by atoms with van der Waals surface area (Å²) in [5, 5.41) is 3.75. The minimum atomic E-state index is -0.401. The van der Waals surface area contributed by atoms with Crippen molar-refractivity contribution >= 4 is 11.5 Å². The van der Waals surface area contributed by atoms with Gasteiger partial charge in [-0.2, -0.15) is 0 Å². The van der Waals surface area contributed by atoms with E-state index in [0.29, 0.717) is 23.8 Å². The van der Waals surface area contributed by atoms with Crippen molar-refractivity contribution in [3.63, 3.8) is 0 Å². The largest absolute Gasteiger partial charge is 0.489 e. The molecule has 3 rings (SSSR count). The van der Waals surface area contributed by atoms with Crippen LogP contribution in [-0.2, 0) is 0 Å². The van der Waals surface area contributed by atoms with Crippen molar-refractivity contribution in [3.05, 3.63) is 23.5 Å². The standard InChI is InChI=1S/C13H18FN5O/c14-9-5-10(13(15)17-18-16)12-11(6-9)20-4-3-19(12)7-8-1-2-8/h5-6,8,18H,1-4,7,16H2,(H2,15,17). The molecule has 5 N–H and O–H groups in total. The van der Waals surface area contributed by atoms with Gasteiger partial charge in [0.2, 0.25) is 0 Å². The third-order valence-corrected chi connectivity index (χ3v) is 3.61. The fraction of sp³-hybridized carbons (Fsp3) is 0.462. The van der Waals surface area contributed by atoms with E-state index in [1.165, 1.54) is 25.0 Å². The predicted octanol–water partition coefficient (Wildman–Crippen LogP) is 0.518. The topological polar surface area (TPSA) is 88.9 Å². The van der Waals surface area contributed by atoms with Gasteiger partial charge in [0, 0.05) is 18.2 Å². The molecule has 1 fully saturated rings. The summed E-state index contributed by atoms with van der Waals surface area (Å²) in [4.78, 5) is 2.20. The Kier molecular flexibility index (Phi) is 3.35. The van der Waals surface area contributed by atoms with Crippen molar-refractivity contribution in [2.24, 2.45) is 22.6 Å². The Morgan fingerprint density at radius 1 is 1.50 bits per heavy atom. The molecule has 0 bridgehead atoms. The van der Waals surface area contributed by atoms with Crippen molar-refractivity contribution in [3.8, 4) is 5.75 Å². The van der Waals surface area contributed by atoms with Gasteiger partial charge >= 0.3 is 0 Å². The first-order valence-electron chi connectivity index (χ1n) is 6.69. The Morgan fingerprint density at radius 2 is 2.30 bits per heavy atom. The summed E-state index contributed by atoms with van der Waals surface area (Å²) in [7, 11) is 0. The van der Waals surface area contributed by atoms with Crippen molar-refractivity contribution in [2.45, 2.75) is 12.8 Å². The van der Waals surface area contributed by atoms with Gasteiger partial charge in [0.05, 0.1) is 12.2 Å². The third-order valence-electron chi connectivity index (χ3n) is 3.61. The minimum Gasteiger partial charge on any atom is -0.489 e. The molecule has 1 aromatic rings. The summed E-state index contributed by atoms with van der Waals surface area (Å²) in [5.41, 5.74) is 9.33. The van der Waals surface area contributed by atoms with Gasteiger partial charge in [0.15, 0.2) is 5.84 Å². The van der Waals surface area contributed by atoms with Gasteiger partial charge in [-0.3, -0.25) is 0 Å². The van der Waals surface area contributed by atoms with E-state index in [0.717, 1.165) is 18.8 Å². The van der Waals surface area contributed by atoms with E-state index in [2.05, 4.69) is 15.5 Å². The molecule has 2 aliphatic rings. The molecular weight excluding hydrogens is 261 g/mol. The molecule has 0 spiro atoms. The molecule has 1 aromatic carbocycles. The zero-order valence-electron chi connectivity index (χ0n) is 11.1. The van der Waals surface area contributed by atoms with E-state index in [1.54, 1.807) is 0 Å². The van der Waals surface area contributed by atoms with Crippen molar-refractivity contribution in [1.29, 1.82) is 0 Å². The number of hydrogen-bond acceptors (Lipinski definition) is 5. The number of hydrazone groups is 1. The molecule has 6 nitrogen and oxygen atoms in total. The molecule has 1 aliphatic carbocycles. The minimum absolute atomic E-state index is 0.148. The second-order valence-corrected chi connectivity index (χ2v) is 5.16. The average molecular weight is 279 g/mol. The van der Waals surface area contributed by atoms with E-state index in [9.17, 15) is 4.39 Å². The van der Waals surface area contributed by atoms with Crippen LogP contribution in [-0.4, -0.2) is 25.5 Å². The number of hydrogen-bond donors (Lipinski definition) is 3. The van der Waals surface area contributed by atoms with Gasteiger partial charge in [-0.05, 0) is 24.8 Å². The molecule has 0 saturated heterocycles. The summed E-state index contributed by atoms with van der Waals surface area (Å²) < 4.78 is 19.3. The van der Waals surface area contributed by atoms with E-state index >= 15 is 0 Å². The van der Waals surface area contributed by atoms with Gasteiger partial charge in [-0.15, -0.1) is 5.10 Å². The summed E-state index contributed by atoms with van der Waals surface area (Å²) in [5.74, 6) is 6.13. The monoisotopic (exact) mass is 279 g/mol. The Balaban J connectivity index is 2.03. The molecule has 0 aromatic heterocycles. The second-order valence-electron chi connectivity index (χ2n) is 5.16. The van der Waals surface area contributed by atoms with Crippen LogP contribution in [0.5, 0.6) is 5.75 Å². The summed E-state index contributed by atoms with van der Waals surface area (Å²) in [6, 6.07) is 2.75. The molecule has 7 heteroatoms. The maximum atomic E-state index is 13.7. The highest BCUT2D eigenvalue weighted by molar-refractivity contribution is 6.03. The Labute approximate surface area is 116 Å². The average Bonchev–Trinajstić information content (AvgIpc) is 3.22. The lowest BCUT2D eigenvalue weighted by molar-refractivity contribution is 0.304. The predicted molar refractivity (Wildman–Crippen MR) is 74.9 cm³/mol. The fourth-order valence-electron chi connectivity index (χ4n) is 2.51. The number of benzene rings is 1. The summed E-state index contributed by atoms with van der Waals surface area (Å²) in [6.07, 6.45) is 2.49. The van der Waals surface area contributed by atoms with E-state index < -0.39 is 5.82 Å². The van der Waals surface area contributed by atoms with E-state index in [4.69, 9.17) is 16.3 Å². The SMILES string of the molecule is NN/N=C(\N)c1cc(F)cc2c1N(CC1CC1)CCO2. The van der Waals surface area contributed by atoms with Crippen LogP contribution in [0, 0.1) is 11.7 Å². The van der Waals surface area contributed by atoms with Gasteiger partial charge in [0.25, 0.3) is 0 Å². The Morgan fingerprint density at radius 3 is 3.00 bits per heavy atom. The van der Waals surface area contributed by atoms with Crippen LogP contribution in [0.4, 0.5) is 10.1 Å². The van der Waals surface area contributed by atoms with Crippen LogP contribution >= 0.6 is 0 Å². The van der Waals surface area contributed by atoms with Crippen molar-refractivity contribution < 1.29 is 9.13 Å². The van der Waals surface area contributed by atoms with Crippen LogP contribution in [0.25, 0.3) is 0 Å². The lowest BCUT2D eigenvalue weighted by Crippen LogP contribution is -2.36. The number of hydrazine groups is 1. The Hall–Kier alpha value is -2.02. The highest BCUT2D eigenvalue weighted by Crippen LogP contribution is 2.39. The van der Waals surface area contributed by atoms with Crippen LogP contribution in [0.1, 0.15) is 18.4 Å². The maximum Gasteiger partial charge on any atom is 0.154 e. The first kappa shape index (κ1) is 13.0. The highest BCUT2D eigenvalue weighted by Gasteiger charge is 2.30. The van der Waals surface area contributed by atoms with E-state index in [-0.39, 0.29) is 5.84 Å². The smallest absolute Gasteiger partial charge is 0.154 e. The lowest BCUT2D eigenvalue weighted by atomic mass is 10.1. The number of ether oxygens (including phenoxy) is 1. The quantitative estimate of drug-likeness (QED) is 0.323. The number of nitrogens with two attached hydrogens (primary N) is 2. The van der Waals surface area contributed by atoms with Crippen LogP contribution < -0.4 is 26.7 Å². The van der Waals surface area contributed by atoms with Crippen LogP contribution in [0.2, 0.25) is 0 Å².